The molecule has 0 radical (unpaired) electrons. The molecule has 22 nitrogen and oxygen atoms in total. The van der Waals surface area contributed by atoms with Crippen LogP contribution in [-0.4, -0.2) is 132 Å². The molecule has 2 amide bonds. The fourth-order valence-corrected chi connectivity index (χ4v) is 15.3. The Morgan fingerprint density at radius 1 is 0.630 bits per heavy atom. The number of carbonyl (C=O) groups is 4. The van der Waals surface area contributed by atoms with Crippen LogP contribution >= 0.6 is 34.9 Å². The fourth-order valence-electron chi connectivity index (χ4n) is 12.2. The average Bonchev–Trinajstić information content (AvgIpc) is 0.782. The second-order valence-electron chi connectivity index (χ2n) is 24.5. The van der Waals surface area contributed by atoms with Crippen molar-refractivity contribution < 1.29 is 76.5 Å². The number of ether oxygens (including phenoxy) is 8. The number of rotatable bonds is 35. The van der Waals surface area contributed by atoms with Gasteiger partial charge in [0.1, 0.15) is 28.3 Å². The Balaban J connectivity index is 0.888. The highest BCUT2D eigenvalue weighted by Crippen LogP contribution is 2.45. The standard InChI is InChI=1S/C83H74N6O16S3/c1-96-42-44-98-52-100-67-41-39-59(47-68(67)101-53-99-45-43-97-2)75(80(95)104-74(56-28-14-5-15-29-56)57-30-16-6-17-31-57)105-88-70(64-51-107-81(85-64)87-83(61-32-18-7-19-33-61,62-34-20-8-21-35-62)63-36-22-9-23-37-63)76(92)86-71-77(93)89-72(79(94)103-73(54-24-10-3-11-25-54)55-26-12-4-13-27-55)60(49-106-78(71)89)50-108-82-84-48-69(102-82)58-38-40-65(90)66(91)46-58/h3-41,46-48,51,71,73-75,78,90-91H,42-45,49-50,52-53H2,1-2H3,(H,85,87)(H,86,92)/b88-70+/t71-,75?,78-/m1/s1. The number of phenolic OH excluding ortho intramolecular Hbond substituents is 2. The molecule has 4 N–H and O–H groups in total. The van der Waals surface area contributed by atoms with Crippen LogP contribution in [0.25, 0.3) is 11.3 Å². The van der Waals surface area contributed by atoms with E-state index in [1.807, 2.05) is 212 Å². The number of phenols is 2. The zero-order valence-electron chi connectivity index (χ0n) is 58.5. The van der Waals surface area contributed by atoms with Crippen LogP contribution in [0.3, 0.4) is 0 Å². The van der Waals surface area contributed by atoms with Crippen LogP contribution in [0.4, 0.5) is 5.13 Å². The van der Waals surface area contributed by atoms with Crippen molar-refractivity contribution in [3.63, 3.8) is 0 Å². The van der Waals surface area contributed by atoms with Crippen LogP contribution in [0.5, 0.6) is 23.0 Å². The number of hydrogen-bond donors (Lipinski definition) is 4. The van der Waals surface area contributed by atoms with Crippen molar-refractivity contribution >= 4 is 69.5 Å². The highest BCUT2D eigenvalue weighted by Gasteiger charge is 2.55. The number of carbonyl (C=O) groups excluding carboxylic acids is 4. The average molecular weight is 1510 g/mol. The van der Waals surface area contributed by atoms with E-state index in [4.69, 9.17) is 52.1 Å². The summed E-state index contributed by atoms with van der Waals surface area (Å²) >= 11 is 3.64. The number of oxazole rings is 1. The molecule has 2 aliphatic heterocycles. The Morgan fingerprint density at radius 3 is 1.69 bits per heavy atom. The van der Waals surface area contributed by atoms with Crippen molar-refractivity contribution in [3.05, 3.63) is 322 Å². The van der Waals surface area contributed by atoms with E-state index < -0.39 is 64.7 Å². The molecule has 1 fully saturated rings. The van der Waals surface area contributed by atoms with Gasteiger partial charge in [-0.25, -0.2) is 19.6 Å². The van der Waals surface area contributed by atoms with Gasteiger partial charge in [-0.15, -0.1) is 23.1 Å². The molecule has 550 valence electrons. The van der Waals surface area contributed by atoms with Gasteiger partial charge in [0.25, 0.3) is 17.0 Å². The molecule has 0 bridgehead atoms. The number of nitrogens with zero attached hydrogens (tertiary/aromatic N) is 4. The Bertz CT molecular complexity index is 4720. The Hall–Kier alpha value is -11.6. The van der Waals surface area contributed by atoms with Crippen LogP contribution < -0.4 is 20.1 Å². The molecular formula is C83H74N6O16S3. The number of methoxy groups -OCH3 is 2. The smallest absolute Gasteiger partial charge is 0.356 e. The third-order valence-corrected chi connectivity index (χ3v) is 20.6. The molecule has 1 unspecified atom stereocenters. The molecule has 11 aromatic rings. The van der Waals surface area contributed by atoms with Crippen LogP contribution in [0.2, 0.25) is 0 Å². The first-order valence-corrected chi connectivity index (χ1v) is 37.3. The summed E-state index contributed by atoms with van der Waals surface area (Å²) in [6, 6.07) is 74.0. The van der Waals surface area contributed by atoms with Gasteiger partial charge in [-0.3, -0.25) is 14.5 Å². The minimum atomic E-state index is -1.78. The Morgan fingerprint density at radius 2 is 1.16 bits per heavy atom. The number of benzene rings is 9. The summed E-state index contributed by atoms with van der Waals surface area (Å²) in [6.07, 6.45) is -2.20. The van der Waals surface area contributed by atoms with Gasteiger partial charge < -0.3 is 68.0 Å². The summed E-state index contributed by atoms with van der Waals surface area (Å²) in [5, 5.41) is 32.9. The highest BCUT2D eigenvalue weighted by molar-refractivity contribution is 8.01. The number of thiazole rings is 1. The Kier molecular flexibility index (Phi) is 25.0. The first kappa shape index (κ1) is 74.7. The van der Waals surface area contributed by atoms with E-state index in [0.717, 1.165) is 28.5 Å². The third-order valence-electron chi connectivity index (χ3n) is 17.6. The molecule has 1 saturated heterocycles. The maximum Gasteiger partial charge on any atom is 0.356 e. The van der Waals surface area contributed by atoms with Crippen molar-refractivity contribution in [2.45, 2.75) is 40.5 Å². The molecule has 2 aliphatic rings. The molecule has 0 spiro atoms. The van der Waals surface area contributed by atoms with Crippen LogP contribution in [0.15, 0.2) is 286 Å². The predicted molar refractivity (Wildman–Crippen MR) is 408 cm³/mol. The van der Waals surface area contributed by atoms with E-state index in [9.17, 15) is 10.2 Å². The van der Waals surface area contributed by atoms with E-state index in [1.165, 1.54) is 52.4 Å². The first-order chi connectivity index (χ1) is 53.0. The molecular weight excluding hydrogens is 1430 g/mol. The number of hydrogen-bond acceptors (Lipinski definition) is 23. The van der Waals surface area contributed by atoms with Crippen LogP contribution in [-0.2, 0) is 58.0 Å². The molecule has 108 heavy (non-hydrogen) atoms. The Labute approximate surface area is 635 Å². The number of nitrogens with one attached hydrogen (secondary N) is 2. The van der Waals surface area contributed by atoms with E-state index in [1.54, 1.807) is 37.8 Å². The zero-order chi connectivity index (χ0) is 74.6. The van der Waals surface area contributed by atoms with E-state index >= 15 is 19.2 Å². The summed E-state index contributed by atoms with van der Waals surface area (Å²) in [5.41, 5.74) is 4.71. The summed E-state index contributed by atoms with van der Waals surface area (Å²) in [5.74, 6) is -3.12. The van der Waals surface area contributed by atoms with Gasteiger partial charge in [-0.1, -0.05) is 235 Å². The number of thioether (sulfide) groups is 2. The third kappa shape index (κ3) is 17.6. The summed E-state index contributed by atoms with van der Waals surface area (Å²) in [4.78, 5) is 79.6. The minimum absolute atomic E-state index is 0.0238. The number of oxime groups is 1. The molecule has 25 heteroatoms. The largest absolute Gasteiger partial charge is 0.504 e. The second kappa shape index (κ2) is 36.2. The number of esters is 2. The van der Waals surface area contributed by atoms with Crippen molar-refractivity contribution in [2.75, 3.05) is 71.1 Å². The lowest BCUT2D eigenvalue weighted by Crippen LogP contribution is -2.71. The van der Waals surface area contributed by atoms with Gasteiger partial charge >= 0.3 is 11.9 Å². The number of β-lactam (4-membered cyclic amide) rings is 1. The van der Waals surface area contributed by atoms with Crippen molar-refractivity contribution in [3.8, 4) is 34.3 Å². The summed E-state index contributed by atoms with van der Waals surface area (Å²) in [6.45, 7) is 0.529. The molecule has 4 heterocycles. The van der Waals surface area contributed by atoms with Gasteiger partial charge in [-0.2, -0.15) is 0 Å². The molecule has 3 atom stereocenters. The molecule has 0 aliphatic carbocycles. The number of aromatic nitrogens is 2. The monoisotopic (exact) mass is 1510 g/mol. The summed E-state index contributed by atoms with van der Waals surface area (Å²) < 4.78 is 53.2. The normalized spacial score (nSPS) is 14.5. The number of anilines is 1. The minimum Gasteiger partial charge on any atom is -0.504 e. The molecule has 9 aromatic carbocycles. The summed E-state index contributed by atoms with van der Waals surface area (Å²) in [7, 11) is 3.10. The maximum absolute atomic E-state index is 15.9. The number of fused-ring (bicyclic) bond motifs is 1. The zero-order valence-corrected chi connectivity index (χ0v) is 60.9. The lowest BCUT2D eigenvalue weighted by atomic mass is 9.77. The lowest BCUT2D eigenvalue weighted by Gasteiger charge is -2.49. The fraction of sp³-hybridized carbons (Fsp3) is 0.193. The van der Waals surface area contributed by atoms with Crippen molar-refractivity contribution in [1.82, 2.24) is 20.2 Å². The quantitative estimate of drug-likeness (QED) is 0.00331. The van der Waals surface area contributed by atoms with Gasteiger partial charge in [-0.05, 0) is 74.8 Å². The molecule has 2 aromatic heterocycles. The number of aromatic hydroxyl groups is 2. The maximum atomic E-state index is 15.9. The molecule has 0 saturated carbocycles. The number of amides is 2. The predicted octanol–water partition coefficient (Wildman–Crippen LogP) is 14.2. The molecule has 13 rings (SSSR count). The second-order valence-corrected chi connectivity index (χ2v) is 27.4. The van der Waals surface area contributed by atoms with Gasteiger partial charge in [0, 0.05) is 42.2 Å². The van der Waals surface area contributed by atoms with Crippen molar-refractivity contribution in [2.24, 2.45) is 5.16 Å². The first-order valence-electron chi connectivity index (χ1n) is 34.3. The van der Waals surface area contributed by atoms with E-state index in [0.29, 0.717) is 50.9 Å². The lowest BCUT2D eigenvalue weighted by molar-refractivity contribution is -0.162. The van der Waals surface area contributed by atoms with Crippen LogP contribution in [0, 0.1) is 0 Å². The highest BCUT2D eigenvalue weighted by atomic mass is 32.2. The topological polar surface area (TPSA) is 270 Å². The SMILES string of the molecule is COCCOCOc1ccc(C(O/N=C(/C(=O)N[C@@H]2C(=O)N3C(C(=O)OC(c4ccccc4)c4ccccc4)=C(CSc4ncc(-c5ccc(O)c(O)c5)o4)CS[C@H]23)c2csc(NC(c3ccccc3)(c3ccccc3)c3ccccc3)n2)C(=O)OC(c2ccccc2)c2ccccc2)cc1OCOCCOC. The van der Waals surface area contributed by atoms with Gasteiger partial charge in [0.2, 0.25) is 6.10 Å². The van der Waals surface area contributed by atoms with E-state index in [2.05, 4.69) is 20.8 Å². The van der Waals surface area contributed by atoms with Crippen LogP contribution in [0.1, 0.15) is 68.5 Å². The van der Waals surface area contributed by atoms with Crippen molar-refractivity contribution in [1.29, 1.82) is 0 Å². The van der Waals surface area contributed by atoms with Gasteiger partial charge in [0.15, 0.2) is 65.4 Å². The van der Waals surface area contributed by atoms with Gasteiger partial charge in [0.05, 0.1) is 32.6 Å². The van der Waals surface area contributed by atoms with E-state index in [-0.39, 0.29) is 90.1 Å².